The number of methoxy groups -OCH3 is 1. The maximum absolute atomic E-state index is 10.0. The Morgan fingerprint density at radius 1 is 1.25 bits per heavy atom. The Kier molecular flexibility index (Phi) is 2.21. The van der Waals surface area contributed by atoms with Gasteiger partial charge in [0.15, 0.2) is 0 Å². The first-order valence-corrected chi connectivity index (χ1v) is 6.12. The lowest BCUT2D eigenvalue weighted by atomic mass is 9.97. The van der Waals surface area contributed by atoms with Gasteiger partial charge in [-0.2, -0.15) is 0 Å². The van der Waals surface area contributed by atoms with Crippen molar-refractivity contribution in [2.24, 2.45) is 0 Å². The third-order valence-electron chi connectivity index (χ3n) is 3.91. The van der Waals surface area contributed by atoms with Crippen molar-refractivity contribution in [2.75, 3.05) is 7.11 Å². The Hall–Kier alpha value is -1.02. The molecule has 1 saturated carbocycles. The van der Waals surface area contributed by atoms with E-state index in [2.05, 4.69) is 12.1 Å². The highest BCUT2D eigenvalue weighted by Crippen LogP contribution is 2.41. The molecular weight excluding hydrogens is 200 g/mol. The van der Waals surface area contributed by atoms with Gasteiger partial charge in [0.25, 0.3) is 0 Å². The van der Waals surface area contributed by atoms with Crippen molar-refractivity contribution in [3.63, 3.8) is 0 Å². The fraction of sp³-hybridized carbons (Fsp3) is 0.571. The van der Waals surface area contributed by atoms with Crippen LogP contribution in [0.25, 0.3) is 0 Å². The van der Waals surface area contributed by atoms with E-state index in [1.165, 1.54) is 23.1 Å². The average Bonchev–Trinajstić information content (AvgIpc) is 2.82. The quantitative estimate of drug-likeness (QED) is 0.843. The monoisotopic (exact) mass is 218 g/mol. The van der Waals surface area contributed by atoms with E-state index in [-0.39, 0.29) is 5.60 Å². The summed E-state index contributed by atoms with van der Waals surface area (Å²) in [4.78, 5) is 0. The highest BCUT2D eigenvalue weighted by Gasteiger charge is 2.41. The molecule has 1 fully saturated rings. The number of fused-ring (bicyclic) bond motifs is 1. The van der Waals surface area contributed by atoms with E-state index in [9.17, 15) is 5.11 Å². The standard InChI is InChI=1S/C14H18O2/c1-16-13-6-5-10(9-14(15)7-8-14)11-3-2-4-12(11)13/h5-6,15H,2-4,7-9H2,1H3. The number of rotatable bonds is 3. The second-order valence-corrected chi connectivity index (χ2v) is 5.14. The molecule has 2 heteroatoms. The second kappa shape index (κ2) is 3.49. The fourth-order valence-electron chi connectivity index (χ4n) is 2.78. The van der Waals surface area contributed by atoms with E-state index < -0.39 is 0 Å². The van der Waals surface area contributed by atoms with Crippen LogP contribution in [0, 0.1) is 0 Å². The van der Waals surface area contributed by atoms with Crippen molar-refractivity contribution < 1.29 is 9.84 Å². The van der Waals surface area contributed by atoms with E-state index in [1.54, 1.807) is 7.11 Å². The van der Waals surface area contributed by atoms with Crippen LogP contribution in [-0.2, 0) is 19.3 Å². The first kappa shape index (κ1) is 10.2. The van der Waals surface area contributed by atoms with Gasteiger partial charge in [0.1, 0.15) is 5.75 Å². The van der Waals surface area contributed by atoms with Crippen LogP contribution in [0.4, 0.5) is 0 Å². The number of aliphatic hydroxyl groups is 1. The van der Waals surface area contributed by atoms with Crippen LogP contribution in [-0.4, -0.2) is 17.8 Å². The Labute approximate surface area is 96.2 Å². The van der Waals surface area contributed by atoms with Crippen LogP contribution in [0.2, 0.25) is 0 Å². The van der Waals surface area contributed by atoms with Crippen LogP contribution in [0.1, 0.15) is 36.0 Å². The Bertz CT molecular complexity index is 419. The molecule has 0 aliphatic heterocycles. The van der Waals surface area contributed by atoms with E-state index >= 15 is 0 Å². The molecule has 0 unspecified atom stereocenters. The van der Waals surface area contributed by atoms with Gasteiger partial charge in [-0.15, -0.1) is 0 Å². The fourth-order valence-corrected chi connectivity index (χ4v) is 2.78. The zero-order chi connectivity index (χ0) is 11.2. The Balaban J connectivity index is 1.97. The van der Waals surface area contributed by atoms with Gasteiger partial charge >= 0.3 is 0 Å². The first-order valence-electron chi connectivity index (χ1n) is 6.12. The third-order valence-corrected chi connectivity index (χ3v) is 3.91. The highest BCUT2D eigenvalue weighted by molar-refractivity contribution is 5.48. The average molecular weight is 218 g/mol. The Morgan fingerprint density at radius 3 is 2.69 bits per heavy atom. The Morgan fingerprint density at radius 2 is 2.00 bits per heavy atom. The summed E-state index contributed by atoms with van der Waals surface area (Å²) < 4.78 is 5.40. The van der Waals surface area contributed by atoms with Crippen molar-refractivity contribution in [3.8, 4) is 5.75 Å². The van der Waals surface area contributed by atoms with Crippen molar-refractivity contribution in [1.29, 1.82) is 0 Å². The van der Waals surface area contributed by atoms with Crippen LogP contribution < -0.4 is 4.74 Å². The van der Waals surface area contributed by atoms with E-state index in [4.69, 9.17) is 4.74 Å². The number of ether oxygens (including phenoxy) is 1. The molecule has 0 atom stereocenters. The van der Waals surface area contributed by atoms with Crippen molar-refractivity contribution >= 4 is 0 Å². The number of hydrogen-bond acceptors (Lipinski definition) is 2. The molecule has 1 N–H and O–H groups in total. The van der Waals surface area contributed by atoms with Gasteiger partial charge in [0, 0.05) is 6.42 Å². The summed E-state index contributed by atoms with van der Waals surface area (Å²) in [5.41, 5.74) is 3.78. The van der Waals surface area contributed by atoms with Gasteiger partial charge < -0.3 is 9.84 Å². The normalized spacial score (nSPS) is 20.6. The summed E-state index contributed by atoms with van der Waals surface area (Å²) in [6.45, 7) is 0. The molecule has 16 heavy (non-hydrogen) atoms. The third kappa shape index (κ3) is 1.61. The lowest BCUT2D eigenvalue weighted by Crippen LogP contribution is -2.12. The van der Waals surface area contributed by atoms with Gasteiger partial charge in [-0.3, -0.25) is 0 Å². The molecule has 1 aromatic carbocycles. The van der Waals surface area contributed by atoms with Crippen LogP contribution in [0.3, 0.4) is 0 Å². The van der Waals surface area contributed by atoms with Crippen LogP contribution in [0.5, 0.6) is 5.75 Å². The maximum atomic E-state index is 10.0. The van der Waals surface area contributed by atoms with Gasteiger partial charge in [0.05, 0.1) is 12.7 Å². The lowest BCUT2D eigenvalue weighted by Gasteiger charge is -2.14. The van der Waals surface area contributed by atoms with Gasteiger partial charge in [-0.05, 0) is 54.9 Å². The molecule has 2 aliphatic rings. The van der Waals surface area contributed by atoms with Crippen molar-refractivity contribution in [2.45, 2.75) is 44.1 Å². The molecule has 0 bridgehead atoms. The van der Waals surface area contributed by atoms with Gasteiger partial charge in [-0.25, -0.2) is 0 Å². The number of benzene rings is 1. The van der Waals surface area contributed by atoms with E-state index in [0.29, 0.717) is 0 Å². The topological polar surface area (TPSA) is 29.5 Å². The van der Waals surface area contributed by atoms with E-state index in [1.807, 2.05) is 0 Å². The summed E-state index contributed by atoms with van der Waals surface area (Å²) in [5, 5.41) is 10.0. The minimum atomic E-state index is -0.384. The van der Waals surface area contributed by atoms with Crippen molar-refractivity contribution in [3.05, 3.63) is 28.8 Å². The molecule has 0 radical (unpaired) electrons. The molecule has 0 heterocycles. The lowest BCUT2D eigenvalue weighted by molar-refractivity contribution is 0.150. The molecule has 1 aromatic rings. The zero-order valence-electron chi connectivity index (χ0n) is 9.75. The van der Waals surface area contributed by atoms with Crippen LogP contribution in [0.15, 0.2) is 12.1 Å². The summed E-state index contributed by atoms with van der Waals surface area (Å²) >= 11 is 0. The smallest absolute Gasteiger partial charge is 0.122 e. The molecule has 2 aliphatic carbocycles. The molecular formula is C14H18O2. The van der Waals surface area contributed by atoms with Crippen molar-refractivity contribution in [1.82, 2.24) is 0 Å². The summed E-state index contributed by atoms with van der Waals surface area (Å²) in [5.74, 6) is 1.03. The molecule has 0 spiro atoms. The SMILES string of the molecule is COc1ccc(CC2(O)CC2)c2c1CCC2. The molecule has 0 saturated heterocycles. The second-order valence-electron chi connectivity index (χ2n) is 5.14. The zero-order valence-corrected chi connectivity index (χ0v) is 9.75. The molecule has 2 nitrogen and oxygen atoms in total. The first-order chi connectivity index (χ1) is 7.72. The summed E-state index contributed by atoms with van der Waals surface area (Å²) in [6.07, 6.45) is 6.27. The molecule has 3 rings (SSSR count). The molecule has 0 aromatic heterocycles. The highest BCUT2D eigenvalue weighted by atomic mass is 16.5. The molecule has 86 valence electrons. The maximum Gasteiger partial charge on any atom is 0.122 e. The molecule has 0 amide bonds. The van der Waals surface area contributed by atoms with Gasteiger partial charge in [0.2, 0.25) is 0 Å². The predicted octanol–water partition coefficient (Wildman–Crippen LogP) is 2.25. The van der Waals surface area contributed by atoms with Crippen LogP contribution >= 0.6 is 0 Å². The summed E-state index contributed by atoms with van der Waals surface area (Å²) in [7, 11) is 1.74. The van der Waals surface area contributed by atoms with Gasteiger partial charge in [-0.1, -0.05) is 6.07 Å². The predicted molar refractivity (Wildman–Crippen MR) is 62.9 cm³/mol. The largest absolute Gasteiger partial charge is 0.496 e. The minimum Gasteiger partial charge on any atom is -0.496 e. The summed E-state index contributed by atoms with van der Waals surface area (Å²) in [6, 6.07) is 4.20. The number of hydrogen-bond donors (Lipinski definition) is 1. The van der Waals surface area contributed by atoms with E-state index in [0.717, 1.165) is 37.9 Å². The minimum absolute atomic E-state index is 0.384.